The number of amides is 1. The van der Waals surface area contributed by atoms with Crippen molar-refractivity contribution in [1.29, 1.82) is 0 Å². The molecular weight excluding hydrogens is 340 g/mol. The first-order valence-corrected chi connectivity index (χ1v) is 8.07. The number of nitrogen functional groups attached to an aromatic ring is 1. The van der Waals surface area contributed by atoms with E-state index in [1.54, 1.807) is 0 Å². The summed E-state index contributed by atoms with van der Waals surface area (Å²) in [6.45, 7) is 2.67. The van der Waals surface area contributed by atoms with E-state index < -0.39 is 0 Å². The molecule has 1 fully saturated rings. The van der Waals surface area contributed by atoms with Gasteiger partial charge in [-0.3, -0.25) is 4.79 Å². The summed E-state index contributed by atoms with van der Waals surface area (Å²) < 4.78 is 7.44. The quantitative estimate of drug-likeness (QED) is 0.870. The molecule has 0 spiro atoms. The molecule has 1 aliphatic rings. The molecule has 2 atom stereocenters. The molecule has 3 N–H and O–H groups in total. The van der Waals surface area contributed by atoms with Crippen LogP contribution in [0.2, 0.25) is 0 Å². The summed E-state index contributed by atoms with van der Waals surface area (Å²) in [5.74, 6) is -0.109. The van der Waals surface area contributed by atoms with Crippen molar-refractivity contribution in [2.24, 2.45) is 0 Å². The molecule has 1 aromatic heterocycles. The number of ether oxygens (including phenoxy) is 1. The monoisotopic (exact) mass is 354 g/mol. The third kappa shape index (κ3) is 2.43. The first-order valence-electron chi connectivity index (χ1n) is 6.46. The van der Waals surface area contributed by atoms with Crippen LogP contribution in [0.4, 0.5) is 5.69 Å². The Bertz CT molecular complexity index is 670. The maximum absolute atomic E-state index is 12.4. The van der Waals surface area contributed by atoms with Gasteiger partial charge >= 0.3 is 0 Å². The van der Waals surface area contributed by atoms with Gasteiger partial charge in [-0.25, -0.2) is 0 Å². The number of nitrogens with two attached hydrogens (primary N) is 1. The highest BCUT2D eigenvalue weighted by atomic mass is 79.9. The molecule has 1 saturated heterocycles. The lowest BCUT2D eigenvalue weighted by molar-refractivity contribution is 0.0870. The van der Waals surface area contributed by atoms with Gasteiger partial charge in [-0.1, -0.05) is 15.9 Å². The summed E-state index contributed by atoms with van der Waals surface area (Å²) in [6, 6.07) is 5.93. The first kappa shape index (κ1) is 13.9. The maximum Gasteiger partial charge on any atom is 0.263 e. The lowest BCUT2D eigenvalue weighted by Gasteiger charge is -2.15. The maximum atomic E-state index is 12.4. The van der Waals surface area contributed by atoms with Crippen molar-refractivity contribution in [3.05, 3.63) is 27.5 Å². The average molecular weight is 355 g/mol. The summed E-state index contributed by atoms with van der Waals surface area (Å²) in [5.41, 5.74) is 6.67. The Hall–Kier alpha value is -1.11. The van der Waals surface area contributed by atoms with Crippen molar-refractivity contribution in [2.45, 2.75) is 25.5 Å². The molecule has 0 aliphatic carbocycles. The van der Waals surface area contributed by atoms with Gasteiger partial charge in [-0.05, 0) is 31.5 Å². The highest BCUT2D eigenvalue weighted by molar-refractivity contribution is 9.10. The summed E-state index contributed by atoms with van der Waals surface area (Å²) in [5, 5.41) is 3.94. The Morgan fingerprint density at radius 3 is 3.05 bits per heavy atom. The number of halogens is 1. The second-order valence-corrected chi connectivity index (χ2v) is 6.90. The van der Waals surface area contributed by atoms with E-state index in [0.717, 1.165) is 21.0 Å². The van der Waals surface area contributed by atoms with Crippen LogP contribution < -0.4 is 11.1 Å². The molecule has 1 aromatic carbocycles. The Morgan fingerprint density at radius 1 is 1.55 bits per heavy atom. The van der Waals surface area contributed by atoms with E-state index in [1.165, 1.54) is 11.3 Å². The number of thiophene rings is 1. The summed E-state index contributed by atoms with van der Waals surface area (Å²) in [4.78, 5) is 13.0. The van der Waals surface area contributed by atoms with Crippen molar-refractivity contribution in [2.75, 3.05) is 12.3 Å². The molecule has 2 aromatic rings. The molecule has 6 heteroatoms. The Labute approximate surface area is 129 Å². The van der Waals surface area contributed by atoms with Crippen LogP contribution in [-0.4, -0.2) is 24.7 Å². The molecule has 3 rings (SSSR count). The molecule has 20 heavy (non-hydrogen) atoms. The number of rotatable bonds is 2. The van der Waals surface area contributed by atoms with Gasteiger partial charge in [0.25, 0.3) is 5.91 Å². The fraction of sp³-hybridized carbons (Fsp3) is 0.357. The molecule has 1 aliphatic heterocycles. The lowest BCUT2D eigenvalue weighted by atomic mass is 10.1. The number of carbonyl (C=O) groups excluding carboxylic acids is 1. The highest BCUT2D eigenvalue weighted by Gasteiger charge is 2.27. The average Bonchev–Trinajstić information content (AvgIpc) is 2.95. The number of hydrogen-bond acceptors (Lipinski definition) is 4. The van der Waals surface area contributed by atoms with Crippen LogP contribution in [0.25, 0.3) is 10.1 Å². The third-order valence-electron chi connectivity index (χ3n) is 3.59. The van der Waals surface area contributed by atoms with E-state index in [-0.39, 0.29) is 18.1 Å². The van der Waals surface area contributed by atoms with Crippen molar-refractivity contribution in [3.8, 4) is 0 Å². The van der Waals surface area contributed by atoms with Crippen LogP contribution >= 0.6 is 27.3 Å². The van der Waals surface area contributed by atoms with E-state index in [9.17, 15) is 4.79 Å². The molecule has 0 radical (unpaired) electrons. The number of benzene rings is 1. The SMILES string of the molecule is CC1OCCC1NC(=O)c1sc2ccc(Br)cc2c1N. The zero-order valence-electron chi connectivity index (χ0n) is 11.0. The molecule has 0 bridgehead atoms. The fourth-order valence-electron chi connectivity index (χ4n) is 2.41. The highest BCUT2D eigenvalue weighted by Crippen LogP contribution is 2.35. The van der Waals surface area contributed by atoms with E-state index in [4.69, 9.17) is 10.5 Å². The topological polar surface area (TPSA) is 64.3 Å². The molecule has 2 unspecified atom stereocenters. The minimum atomic E-state index is -0.109. The van der Waals surface area contributed by atoms with Gasteiger partial charge in [-0.2, -0.15) is 0 Å². The van der Waals surface area contributed by atoms with Crippen molar-refractivity contribution < 1.29 is 9.53 Å². The first-order chi connectivity index (χ1) is 9.56. The zero-order chi connectivity index (χ0) is 14.3. The third-order valence-corrected chi connectivity index (χ3v) is 5.27. The Kier molecular flexibility index (Phi) is 3.70. The summed E-state index contributed by atoms with van der Waals surface area (Å²) in [7, 11) is 0. The van der Waals surface area contributed by atoms with Gasteiger partial charge in [0.1, 0.15) is 4.88 Å². The van der Waals surface area contributed by atoms with Crippen molar-refractivity contribution in [1.82, 2.24) is 5.32 Å². The van der Waals surface area contributed by atoms with Crippen molar-refractivity contribution >= 4 is 48.9 Å². The minimum Gasteiger partial charge on any atom is -0.397 e. The lowest BCUT2D eigenvalue weighted by Crippen LogP contribution is -2.39. The van der Waals surface area contributed by atoms with Gasteiger partial charge in [0.2, 0.25) is 0 Å². The molecule has 0 saturated carbocycles. The Morgan fingerprint density at radius 2 is 2.35 bits per heavy atom. The zero-order valence-corrected chi connectivity index (χ0v) is 13.4. The second kappa shape index (κ2) is 5.35. The van der Waals surface area contributed by atoms with Gasteiger partial charge < -0.3 is 15.8 Å². The second-order valence-electron chi connectivity index (χ2n) is 4.93. The van der Waals surface area contributed by atoms with E-state index in [1.807, 2.05) is 25.1 Å². The van der Waals surface area contributed by atoms with E-state index in [2.05, 4.69) is 21.2 Å². The standard InChI is InChI=1S/C14H15BrN2O2S/c1-7-10(4-5-19-7)17-14(18)13-12(16)9-6-8(15)2-3-11(9)20-13/h2-3,6-7,10H,4-5,16H2,1H3,(H,17,18). The van der Waals surface area contributed by atoms with E-state index >= 15 is 0 Å². The summed E-state index contributed by atoms with van der Waals surface area (Å²) >= 11 is 4.85. The predicted octanol–water partition coefficient (Wildman–Crippen LogP) is 3.15. The number of fused-ring (bicyclic) bond motifs is 1. The fourth-order valence-corrected chi connectivity index (χ4v) is 3.78. The van der Waals surface area contributed by atoms with Gasteiger partial charge in [0.15, 0.2) is 0 Å². The molecule has 4 nitrogen and oxygen atoms in total. The number of anilines is 1. The van der Waals surface area contributed by atoms with Gasteiger partial charge in [-0.15, -0.1) is 11.3 Å². The molecule has 106 valence electrons. The van der Waals surface area contributed by atoms with E-state index in [0.29, 0.717) is 17.2 Å². The molecule has 2 heterocycles. The van der Waals surface area contributed by atoms with Gasteiger partial charge in [0.05, 0.1) is 17.8 Å². The van der Waals surface area contributed by atoms with Gasteiger partial charge in [0, 0.05) is 21.2 Å². The molecular formula is C14H15BrN2O2S. The van der Waals surface area contributed by atoms with Crippen LogP contribution in [-0.2, 0) is 4.74 Å². The van der Waals surface area contributed by atoms with Crippen molar-refractivity contribution in [3.63, 3.8) is 0 Å². The smallest absolute Gasteiger partial charge is 0.263 e. The van der Waals surface area contributed by atoms with Crippen LogP contribution in [0.1, 0.15) is 23.0 Å². The number of hydrogen-bond donors (Lipinski definition) is 2. The van der Waals surface area contributed by atoms with Crippen LogP contribution in [0, 0.1) is 0 Å². The van der Waals surface area contributed by atoms with Crippen LogP contribution in [0.3, 0.4) is 0 Å². The van der Waals surface area contributed by atoms with Crippen LogP contribution in [0.15, 0.2) is 22.7 Å². The summed E-state index contributed by atoms with van der Waals surface area (Å²) in [6.07, 6.45) is 0.909. The molecule has 1 amide bonds. The minimum absolute atomic E-state index is 0.0590. The number of nitrogens with one attached hydrogen (secondary N) is 1. The van der Waals surface area contributed by atoms with Crippen LogP contribution in [0.5, 0.6) is 0 Å². The predicted molar refractivity (Wildman–Crippen MR) is 85.2 cm³/mol. The largest absolute Gasteiger partial charge is 0.397 e. The number of carbonyl (C=O) groups is 1. The Balaban J connectivity index is 1.89. The normalized spacial score (nSPS) is 22.3.